The lowest BCUT2D eigenvalue weighted by atomic mass is 9.92. The van der Waals surface area contributed by atoms with E-state index < -0.39 is 0 Å². The van der Waals surface area contributed by atoms with Gasteiger partial charge in [0, 0.05) is 29.8 Å². The Morgan fingerprint density at radius 2 is 2.00 bits per heavy atom. The van der Waals surface area contributed by atoms with E-state index in [2.05, 4.69) is 42.4 Å². The summed E-state index contributed by atoms with van der Waals surface area (Å²) in [5.74, 6) is 3.17. The second-order valence-corrected chi connectivity index (χ2v) is 6.09. The minimum absolute atomic E-state index is 0.0741. The number of aromatic nitrogens is 2. The van der Waals surface area contributed by atoms with Crippen LogP contribution in [0.15, 0.2) is 30.3 Å². The summed E-state index contributed by atoms with van der Waals surface area (Å²) in [7, 11) is 1.80. The van der Waals surface area contributed by atoms with Crippen LogP contribution in [0.25, 0.3) is 0 Å². The van der Waals surface area contributed by atoms with Crippen molar-refractivity contribution in [1.29, 1.82) is 0 Å². The Bertz CT molecular complexity index is 732. The van der Waals surface area contributed by atoms with Crippen molar-refractivity contribution < 1.29 is 4.79 Å². The Labute approximate surface area is 130 Å². The van der Waals surface area contributed by atoms with Crippen molar-refractivity contribution in [2.24, 2.45) is 7.05 Å². The number of terminal acetylenes is 1. The Hall–Kier alpha value is -2.74. The first kappa shape index (κ1) is 15.6. The number of carbonyl (C=O) groups excluding carboxylic acids is 1. The summed E-state index contributed by atoms with van der Waals surface area (Å²) in [6.45, 7) is 6.22. The lowest BCUT2D eigenvalue weighted by Crippen LogP contribution is -2.21. The van der Waals surface area contributed by atoms with E-state index in [0.29, 0.717) is 17.1 Å². The second kappa shape index (κ2) is 5.94. The van der Waals surface area contributed by atoms with Gasteiger partial charge < -0.3 is 5.32 Å². The number of aryl methyl sites for hydroxylation is 1. The van der Waals surface area contributed by atoms with Crippen LogP contribution >= 0.6 is 0 Å². The van der Waals surface area contributed by atoms with Crippen molar-refractivity contribution in [3.63, 3.8) is 0 Å². The number of carbonyl (C=O) groups is 1. The van der Waals surface area contributed by atoms with Crippen molar-refractivity contribution >= 4 is 17.5 Å². The zero-order chi connectivity index (χ0) is 16.3. The molecule has 2 N–H and O–H groups in total. The molecule has 22 heavy (non-hydrogen) atoms. The van der Waals surface area contributed by atoms with Crippen LogP contribution in [-0.4, -0.2) is 15.8 Å². The van der Waals surface area contributed by atoms with Gasteiger partial charge in [-0.05, 0) is 18.2 Å². The summed E-state index contributed by atoms with van der Waals surface area (Å²) in [6.07, 6.45) is 5.35. The molecule has 0 radical (unpaired) electrons. The summed E-state index contributed by atoms with van der Waals surface area (Å²) in [6, 6.07) is 8.66. The monoisotopic (exact) mass is 296 g/mol. The number of hydrogen-bond donors (Lipinski definition) is 2. The molecule has 5 heteroatoms. The van der Waals surface area contributed by atoms with Crippen molar-refractivity contribution in [1.82, 2.24) is 9.78 Å². The van der Waals surface area contributed by atoms with E-state index in [9.17, 15) is 4.79 Å². The summed E-state index contributed by atoms with van der Waals surface area (Å²) in [4.78, 5) is 12.1. The molecule has 0 saturated heterocycles. The van der Waals surface area contributed by atoms with Crippen molar-refractivity contribution in [3.05, 3.63) is 41.6 Å². The molecule has 2 rings (SSSR count). The molecule has 114 valence electrons. The van der Waals surface area contributed by atoms with Crippen LogP contribution in [0.3, 0.4) is 0 Å². The van der Waals surface area contributed by atoms with E-state index in [1.807, 2.05) is 6.07 Å². The number of nitrogens with zero attached hydrogens (tertiary/aromatic N) is 2. The third-order valence-corrected chi connectivity index (χ3v) is 3.18. The molecule has 0 aliphatic carbocycles. The SMILES string of the molecule is C#Cc1cccc(NC(=O)Nc2cc(C(C)(C)C)nn2C)c1. The van der Waals surface area contributed by atoms with Crippen molar-refractivity contribution in [2.45, 2.75) is 26.2 Å². The van der Waals surface area contributed by atoms with Crippen LogP contribution < -0.4 is 10.6 Å². The highest BCUT2D eigenvalue weighted by Gasteiger charge is 2.19. The molecule has 0 spiro atoms. The van der Waals surface area contributed by atoms with Crippen molar-refractivity contribution in [2.75, 3.05) is 10.6 Å². The third-order valence-electron chi connectivity index (χ3n) is 3.18. The number of rotatable bonds is 2. The molecule has 1 aromatic carbocycles. The van der Waals surface area contributed by atoms with Gasteiger partial charge in [-0.1, -0.05) is 32.8 Å². The summed E-state index contributed by atoms with van der Waals surface area (Å²) >= 11 is 0. The molecule has 0 bridgehead atoms. The summed E-state index contributed by atoms with van der Waals surface area (Å²) in [5, 5.41) is 9.96. The molecule has 0 unspecified atom stereocenters. The van der Waals surface area contributed by atoms with Gasteiger partial charge in [-0.15, -0.1) is 6.42 Å². The first-order valence-electron chi connectivity index (χ1n) is 6.99. The number of hydrogen-bond acceptors (Lipinski definition) is 2. The molecule has 0 aliphatic rings. The van der Waals surface area contributed by atoms with E-state index in [0.717, 1.165) is 5.69 Å². The van der Waals surface area contributed by atoms with Crippen LogP contribution in [-0.2, 0) is 12.5 Å². The quantitative estimate of drug-likeness (QED) is 0.835. The standard InChI is InChI=1S/C17H20N4O/c1-6-12-8-7-9-13(10-12)18-16(22)19-15-11-14(17(2,3)4)20-21(15)5/h1,7-11H,2-5H3,(H2,18,19,22). The third kappa shape index (κ3) is 3.67. The van der Waals surface area contributed by atoms with E-state index in [1.165, 1.54) is 0 Å². The van der Waals surface area contributed by atoms with Crippen LogP contribution in [0, 0.1) is 12.3 Å². The molecule has 1 aromatic heterocycles. The van der Waals surface area contributed by atoms with Crippen LogP contribution in [0.4, 0.5) is 16.3 Å². The molecular formula is C17H20N4O. The van der Waals surface area contributed by atoms with Gasteiger partial charge in [0.1, 0.15) is 5.82 Å². The van der Waals surface area contributed by atoms with Gasteiger partial charge in [-0.25, -0.2) is 4.79 Å². The van der Waals surface area contributed by atoms with E-state index in [4.69, 9.17) is 6.42 Å². The van der Waals surface area contributed by atoms with Crippen LogP contribution in [0.5, 0.6) is 0 Å². The minimum atomic E-state index is -0.336. The van der Waals surface area contributed by atoms with Crippen molar-refractivity contribution in [3.8, 4) is 12.3 Å². The number of benzene rings is 1. The Morgan fingerprint density at radius 1 is 1.27 bits per heavy atom. The maximum atomic E-state index is 12.1. The molecule has 5 nitrogen and oxygen atoms in total. The fourth-order valence-corrected chi connectivity index (χ4v) is 1.92. The second-order valence-electron chi connectivity index (χ2n) is 6.09. The van der Waals surface area contributed by atoms with Gasteiger partial charge in [-0.2, -0.15) is 5.10 Å². The zero-order valence-corrected chi connectivity index (χ0v) is 13.3. The predicted molar refractivity (Wildman–Crippen MR) is 88.9 cm³/mol. The van der Waals surface area contributed by atoms with Gasteiger partial charge in [0.15, 0.2) is 0 Å². The number of nitrogens with one attached hydrogen (secondary N) is 2. The molecule has 2 amide bonds. The zero-order valence-electron chi connectivity index (χ0n) is 13.3. The van der Waals surface area contributed by atoms with Crippen LogP contribution in [0.1, 0.15) is 32.0 Å². The van der Waals surface area contributed by atoms with Gasteiger partial charge in [0.2, 0.25) is 0 Å². The molecule has 0 fully saturated rings. The van der Waals surface area contributed by atoms with Gasteiger partial charge in [-0.3, -0.25) is 10.00 Å². The highest BCUT2D eigenvalue weighted by molar-refractivity contribution is 5.99. The summed E-state index contributed by atoms with van der Waals surface area (Å²) < 4.78 is 1.65. The molecule has 0 saturated carbocycles. The average molecular weight is 296 g/mol. The Kier molecular flexibility index (Phi) is 4.22. The fourth-order valence-electron chi connectivity index (χ4n) is 1.92. The molecule has 0 atom stereocenters. The Morgan fingerprint density at radius 3 is 2.59 bits per heavy atom. The molecular weight excluding hydrogens is 276 g/mol. The molecule has 2 aromatic rings. The minimum Gasteiger partial charge on any atom is -0.308 e. The van der Waals surface area contributed by atoms with Crippen LogP contribution in [0.2, 0.25) is 0 Å². The first-order valence-corrected chi connectivity index (χ1v) is 6.99. The predicted octanol–water partition coefficient (Wildman–Crippen LogP) is 3.34. The molecule has 1 heterocycles. The smallest absolute Gasteiger partial charge is 0.308 e. The highest BCUT2D eigenvalue weighted by Crippen LogP contribution is 2.23. The highest BCUT2D eigenvalue weighted by atomic mass is 16.2. The van der Waals surface area contributed by atoms with E-state index in [-0.39, 0.29) is 11.4 Å². The maximum absolute atomic E-state index is 12.1. The maximum Gasteiger partial charge on any atom is 0.324 e. The average Bonchev–Trinajstić information content (AvgIpc) is 2.80. The lowest BCUT2D eigenvalue weighted by Gasteiger charge is -2.13. The van der Waals surface area contributed by atoms with E-state index in [1.54, 1.807) is 36.0 Å². The number of anilines is 2. The van der Waals surface area contributed by atoms with E-state index >= 15 is 0 Å². The normalized spacial score (nSPS) is 10.9. The molecule has 0 aliphatic heterocycles. The topological polar surface area (TPSA) is 59.0 Å². The van der Waals surface area contributed by atoms with Gasteiger partial charge in [0.05, 0.1) is 5.69 Å². The lowest BCUT2D eigenvalue weighted by molar-refractivity contribution is 0.262. The van der Waals surface area contributed by atoms with Gasteiger partial charge in [0.25, 0.3) is 0 Å². The number of amides is 2. The first-order chi connectivity index (χ1) is 10.3. The number of urea groups is 1. The fraction of sp³-hybridized carbons (Fsp3) is 0.294. The Balaban J connectivity index is 2.09. The largest absolute Gasteiger partial charge is 0.324 e. The van der Waals surface area contributed by atoms with Gasteiger partial charge >= 0.3 is 6.03 Å². The summed E-state index contributed by atoms with van der Waals surface area (Å²) in [5.41, 5.74) is 2.20.